The van der Waals surface area contributed by atoms with Gasteiger partial charge in [0, 0.05) is 24.9 Å². The molecule has 0 amide bonds. The Labute approximate surface area is 194 Å². The topological polar surface area (TPSA) is 76.0 Å². The first-order valence-corrected chi connectivity index (χ1v) is 11.5. The standard InChI is InChI=1S/C27H33FO5/c1-4-10-33-23-12-18(13-26(29)30)11-22(15-23)27(31)17(2)19-6-5-7-20(14-19)21-8-9-25(32-3)24(28)16-21/h5-9,11,14-15,17,21,23,27,31H,4,10,12-13,16H2,1-3H3,(H,29,30). The highest BCUT2D eigenvalue weighted by molar-refractivity contribution is 5.70. The van der Waals surface area contributed by atoms with Gasteiger partial charge in [-0.25, -0.2) is 4.39 Å². The van der Waals surface area contributed by atoms with E-state index >= 15 is 0 Å². The first kappa shape index (κ1) is 24.9. The molecule has 0 fully saturated rings. The predicted molar refractivity (Wildman–Crippen MR) is 126 cm³/mol. The van der Waals surface area contributed by atoms with Gasteiger partial charge in [-0.05, 0) is 41.7 Å². The van der Waals surface area contributed by atoms with Crippen LogP contribution in [0.2, 0.25) is 0 Å². The average molecular weight is 457 g/mol. The third kappa shape index (κ3) is 6.42. The number of aliphatic hydroxyl groups excluding tert-OH is 1. The molecule has 1 aromatic rings. The monoisotopic (exact) mass is 456 g/mol. The van der Waals surface area contributed by atoms with Gasteiger partial charge in [-0.2, -0.15) is 0 Å². The molecule has 0 heterocycles. The van der Waals surface area contributed by atoms with Gasteiger partial charge in [-0.15, -0.1) is 0 Å². The number of carboxylic acid groups (broad SMARTS) is 1. The summed E-state index contributed by atoms with van der Waals surface area (Å²) in [5.74, 6) is -1.25. The van der Waals surface area contributed by atoms with Crippen LogP contribution in [-0.4, -0.2) is 42.1 Å². The van der Waals surface area contributed by atoms with Crippen molar-refractivity contribution in [2.24, 2.45) is 0 Å². The first-order chi connectivity index (χ1) is 15.8. The molecule has 0 aromatic heterocycles. The van der Waals surface area contributed by atoms with Crippen molar-refractivity contribution in [1.29, 1.82) is 0 Å². The number of rotatable bonds is 10. The molecule has 0 radical (unpaired) electrons. The Bertz CT molecular complexity index is 974. The largest absolute Gasteiger partial charge is 0.494 e. The number of carbonyl (C=O) groups is 1. The van der Waals surface area contributed by atoms with E-state index in [1.807, 2.05) is 50.3 Å². The van der Waals surface area contributed by atoms with Gasteiger partial charge < -0.3 is 19.7 Å². The van der Waals surface area contributed by atoms with Crippen molar-refractivity contribution in [3.63, 3.8) is 0 Å². The SMILES string of the molecule is CCCOC1C=C(C(O)C(C)c2cccc(C3C=CC(OC)=C(F)C3)c2)C=C(CC(=O)O)C1. The minimum atomic E-state index is -0.898. The van der Waals surface area contributed by atoms with Crippen LogP contribution in [0.4, 0.5) is 4.39 Å². The molecule has 5 nitrogen and oxygen atoms in total. The van der Waals surface area contributed by atoms with Gasteiger partial charge in [0.2, 0.25) is 0 Å². The number of halogens is 1. The highest BCUT2D eigenvalue weighted by Crippen LogP contribution is 2.35. The van der Waals surface area contributed by atoms with E-state index in [0.717, 1.165) is 23.1 Å². The Morgan fingerprint density at radius 1 is 1.30 bits per heavy atom. The summed E-state index contributed by atoms with van der Waals surface area (Å²) in [7, 11) is 1.46. The molecule has 0 saturated carbocycles. The average Bonchev–Trinajstić information content (AvgIpc) is 2.81. The summed E-state index contributed by atoms with van der Waals surface area (Å²) in [4.78, 5) is 11.3. The summed E-state index contributed by atoms with van der Waals surface area (Å²) in [5.41, 5.74) is 3.32. The number of aliphatic hydroxyl groups is 1. The molecule has 1 aromatic carbocycles. The van der Waals surface area contributed by atoms with E-state index in [2.05, 4.69) is 0 Å². The van der Waals surface area contributed by atoms with Crippen LogP contribution < -0.4 is 0 Å². The fourth-order valence-corrected chi connectivity index (χ4v) is 4.36. The Morgan fingerprint density at radius 3 is 2.76 bits per heavy atom. The molecule has 0 bridgehead atoms. The first-order valence-electron chi connectivity index (χ1n) is 11.5. The molecule has 2 N–H and O–H groups in total. The molecular formula is C27H33FO5. The summed E-state index contributed by atoms with van der Waals surface area (Å²) in [5, 5.41) is 20.4. The summed E-state index contributed by atoms with van der Waals surface area (Å²) in [6, 6.07) is 7.84. The summed E-state index contributed by atoms with van der Waals surface area (Å²) in [6.07, 6.45) is 7.77. The molecular weight excluding hydrogens is 423 g/mol. The number of benzene rings is 1. The maximum Gasteiger partial charge on any atom is 0.307 e. The van der Waals surface area contributed by atoms with Crippen molar-refractivity contribution in [3.05, 3.63) is 82.4 Å². The van der Waals surface area contributed by atoms with E-state index in [4.69, 9.17) is 9.47 Å². The highest BCUT2D eigenvalue weighted by atomic mass is 19.1. The van der Waals surface area contributed by atoms with Gasteiger partial charge in [0.15, 0.2) is 0 Å². The van der Waals surface area contributed by atoms with E-state index in [9.17, 15) is 19.4 Å². The number of aliphatic carboxylic acids is 1. The lowest BCUT2D eigenvalue weighted by molar-refractivity contribution is -0.136. The molecule has 33 heavy (non-hydrogen) atoms. The van der Waals surface area contributed by atoms with E-state index < -0.39 is 12.1 Å². The van der Waals surface area contributed by atoms with E-state index in [-0.39, 0.29) is 42.4 Å². The fourth-order valence-electron chi connectivity index (χ4n) is 4.36. The van der Waals surface area contributed by atoms with Crippen LogP contribution in [0.5, 0.6) is 0 Å². The van der Waals surface area contributed by atoms with E-state index in [0.29, 0.717) is 18.6 Å². The molecule has 4 unspecified atom stereocenters. The summed E-state index contributed by atoms with van der Waals surface area (Å²) in [6.45, 7) is 4.53. The molecule has 0 saturated heterocycles. The maximum atomic E-state index is 14.3. The van der Waals surface area contributed by atoms with Crippen LogP contribution in [0.1, 0.15) is 62.5 Å². The second-order valence-electron chi connectivity index (χ2n) is 8.70. The van der Waals surface area contributed by atoms with E-state index in [1.54, 1.807) is 12.2 Å². The third-order valence-corrected chi connectivity index (χ3v) is 6.17. The second kappa shape index (κ2) is 11.4. The Morgan fingerprint density at radius 2 is 2.09 bits per heavy atom. The lowest BCUT2D eigenvalue weighted by Crippen LogP contribution is -2.24. The van der Waals surface area contributed by atoms with Crippen molar-refractivity contribution in [2.45, 2.75) is 63.6 Å². The van der Waals surface area contributed by atoms with Gasteiger partial charge in [-0.3, -0.25) is 4.79 Å². The minimum Gasteiger partial charge on any atom is -0.494 e. The molecule has 2 aliphatic rings. The van der Waals surface area contributed by atoms with E-state index in [1.165, 1.54) is 7.11 Å². The Balaban J connectivity index is 1.80. The highest BCUT2D eigenvalue weighted by Gasteiger charge is 2.26. The molecule has 0 spiro atoms. The summed E-state index contributed by atoms with van der Waals surface area (Å²) < 4.78 is 25.2. The van der Waals surface area contributed by atoms with Crippen LogP contribution in [0.15, 0.2) is 71.3 Å². The second-order valence-corrected chi connectivity index (χ2v) is 8.70. The van der Waals surface area contributed by atoms with Gasteiger partial charge in [0.25, 0.3) is 0 Å². The van der Waals surface area contributed by atoms with Gasteiger partial charge >= 0.3 is 5.97 Å². The molecule has 4 atom stereocenters. The van der Waals surface area contributed by atoms with Crippen LogP contribution >= 0.6 is 0 Å². The van der Waals surface area contributed by atoms with Crippen molar-refractivity contribution in [2.75, 3.05) is 13.7 Å². The van der Waals surface area contributed by atoms with Crippen LogP contribution in [0.3, 0.4) is 0 Å². The summed E-state index contributed by atoms with van der Waals surface area (Å²) >= 11 is 0. The van der Waals surface area contributed by atoms with Gasteiger partial charge in [-0.1, -0.05) is 55.8 Å². The lowest BCUT2D eigenvalue weighted by Gasteiger charge is -2.27. The van der Waals surface area contributed by atoms with Crippen LogP contribution in [0, 0.1) is 0 Å². The zero-order valence-corrected chi connectivity index (χ0v) is 19.5. The molecule has 2 aliphatic carbocycles. The van der Waals surface area contributed by atoms with Crippen LogP contribution in [0.25, 0.3) is 0 Å². The Hall–Kier alpha value is -2.70. The van der Waals surface area contributed by atoms with Crippen molar-refractivity contribution < 1.29 is 28.9 Å². The zero-order chi connectivity index (χ0) is 24.0. The quantitative estimate of drug-likeness (QED) is 0.483. The van der Waals surface area contributed by atoms with Crippen molar-refractivity contribution in [3.8, 4) is 0 Å². The predicted octanol–water partition coefficient (Wildman–Crippen LogP) is 5.55. The molecule has 3 rings (SSSR count). The fraction of sp³-hybridized carbons (Fsp3) is 0.444. The van der Waals surface area contributed by atoms with Crippen molar-refractivity contribution in [1.82, 2.24) is 0 Å². The smallest absolute Gasteiger partial charge is 0.307 e. The van der Waals surface area contributed by atoms with Gasteiger partial charge in [0.05, 0.1) is 25.7 Å². The number of hydrogen-bond donors (Lipinski definition) is 2. The normalized spacial score (nSPS) is 22.5. The van der Waals surface area contributed by atoms with Crippen molar-refractivity contribution >= 4 is 5.97 Å². The Kier molecular flexibility index (Phi) is 8.64. The molecule has 0 aliphatic heterocycles. The number of carboxylic acids is 1. The zero-order valence-electron chi connectivity index (χ0n) is 19.5. The maximum absolute atomic E-state index is 14.3. The number of allylic oxidation sites excluding steroid dienone is 3. The number of methoxy groups -OCH3 is 1. The number of hydrogen-bond acceptors (Lipinski definition) is 4. The van der Waals surface area contributed by atoms with Crippen LogP contribution in [-0.2, 0) is 14.3 Å². The molecule has 6 heteroatoms. The number of ether oxygens (including phenoxy) is 2. The lowest BCUT2D eigenvalue weighted by atomic mass is 9.83. The molecule has 178 valence electrons. The van der Waals surface area contributed by atoms with Gasteiger partial charge in [0.1, 0.15) is 11.6 Å². The minimum absolute atomic E-state index is 0.0729. The third-order valence-electron chi connectivity index (χ3n) is 6.17.